The van der Waals surface area contributed by atoms with Crippen molar-refractivity contribution in [2.24, 2.45) is 0 Å². The van der Waals surface area contributed by atoms with Crippen LogP contribution in [0.2, 0.25) is 5.02 Å². The number of halogens is 1. The molecule has 3 heterocycles. The number of rotatable bonds is 2. The molecule has 0 atom stereocenters. The van der Waals surface area contributed by atoms with Gasteiger partial charge in [-0.25, -0.2) is 9.97 Å². The smallest absolute Gasteiger partial charge is 0.262 e. The summed E-state index contributed by atoms with van der Waals surface area (Å²) in [6.45, 7) is 0.251. The van der Waals surface area contributed by atoms with Crippen molar-refractivity contribution in [1.29, 1.82) is 0 Å². The van der Waals surface area contributed by atoms with Crippen molar-refractivity contribution in [3.05, 3.63) is 51.0 Å². The maximum atomic E-state index is 12.2. The summed E-state index contributed by atoms with van der Waals surface area (Å²) < 4.78 is 1.47. The Labute approximate surface area is 117 Å². The van der Waals surface area contributed by atoms with Crippen LogP contribution in [0.25, 0.3) is 10.2 Å². The molecular weight excluding hydrogens is 284 g/mol. The summed E-state index contributed by atoms with van der Waals surface area (Å²) in [5.74, 6) is 0.372. The van der Waals surface area contributed by atoms with Gasteiger partial charge in [-0.2, -0.15) is 0 Å². The fourth-order valence-corrected chi connectivity index (χ4v) is 2.67. The van der Waals surface area contributed by atoms with E-state index in [4.69, 9.17) is 17.3 Å². The van der Waals surface area contributed by atoms with Crippen molar-refractivity contribution in [1.82, 2.24) is 14.5 Å². The van der Waals surface area contributed by atoms with E-state index in [1.807, 2.05) is 5.38 Å². The Kier molecular flexibility index (Phi) is 2.96. The first kappa shape index (κ1) is 12.1. The molecule has 3 rings (SSSR count). The molecule has 0 fully saturated rings. The van der Waals surface area contributed by atoms with Crippen LogP contribution in [0.4, 0.5) is 5.82 Å². The van der Waals surface area contributed by atoms with E-state index in [0.717, 1.165) is 4.83 Å². The van der Waals surface area contributed by atoms with Gasteiger partial charge in [-0.15, -0.1) is 11.3 Å². The second kappa shape index (κ2) is 4.64. The van der Waals surface area contributed by atoms with Crippen LogP contribution in [-0.4, -0.2) is 14.5 Å². The SMILES string of the molecule is Nc1ccc(Cl)c(Cn2cnc3sccc3c2=O)n1. The maximum absolute atomic E-state index is 12.2. The minimum absolute atomic E-state index is 0.105. The lowest BCUT2D eigenvalue weighted by molar-refractivity contribution is 0.732. The summed E-state index contributed by atoms with van der Waals surface area (Å²) in [5, 5.41) is 2.92. The Bertz CT molecular complexity index is 811. The molecule has 0 unspecified atom stereocenters. The average molecular weight is 293 g/mol. The van der Waals surface area contributed by atoms with Crippen LogP contribution < -0.4 is 11.3 Å². The van der Waals surface area contributed by atoms with E-state index in [0.29, 0.717) is 21.9 Å². The van der Waals surface area contributed by atoms with Gasteiger partial charge in [-0.3, -0.25) is 9.36 Å². The molecule has 0 saturated heterocycles. The molecule has 0 aliphatic rings. The number of fused-ring (bicyclic) bond motifs is 1. The number of thiophene rings is 1. The highest BCUT2D eigenvalue weighted by atomic mass is 35.5. The average Bonchev–Trinajstić information content (AvgIpc) is 2.86. The zero-order chi connectivity index (χ0) is 13.4. The van der Waals surface area contributed by atoms with E-state index < -0.39 is 0 Å². The number of nitrogens with zero attached hydrogens (tertiary/aromatic N) is 3. The second-order valence-electron chi connectivity index (χ2n) is 3.98. The second-order valence-corrected chi connectivity index (χ2v) is 5.28. The molecule has 3 aromatic rings. The normalized spacial score (nSPS) is 11.0. The van der Waals surface area contributed by atoms with Crippen LogP contribution in [0, 0.1) is 0 Å². The van der Waals surface area contributed by atoms with E-state index in [2.05, 4.69) is 9.97 Å². The minimum Gasteiger partial charge on any atom is -0.384 e. The molecule has 7 heteroatoms. The molecule has 0 aromatic carbocycles. The Morgan fingerprint density at radius 2 is 2.21 bits per heavy atom. The van der Waals surface area contributed by atoms with Crippen LogP contribution in [0.15, 0.2) is 34.7 Å². The Balaban J connectivity index is 2.08. The van der Waals surface area contributed by atoms with E-state index in [-0.39, 0.29) is 12.1 Å². The van der Waals surface area contributed by atoms with Crippen molar-refractivity contribution < 1.29 is 0 Å². The molecule has 0 saturated carbocycles. The topological polar surface area (TPSA) is 73.8 Å². The highest BCUT2D eigenvalue weighted by Crippen LogP contribution is 2.17. The zero-order valence-electron chi connectivity index (χ0n) is 9.71. The molecule has 5 nitrogen and oxygen atoms in total. The molecule has 0 bridgehead atoms. The number of nitrogens with two attached hydrogens (primary N) is 1. The molecule has 0 radical (unpaired) electrons. The van der Waals surface area contributed by atoms with Gasteiger partial charge >= 0.3 is 0 Å². The number of pyridine rings is 1. The lowest BCUT2D eigenvalue weighted by Gasteiger charge is -2.07. The fraction of sp³-hybridized carbons (Fsp3) is 0.0833. The standard InChI is InChI=1S/C12H9ClN4OS/c13-8-1-2-10(14)16-9(8)5-17-6-15-11-7(12(17)18)3-4-19-11/h1-4,6H,5H2,(H2,14,16). The first-order chi connectivity index (χ1) is 9.15. The highest BCUT2D eigenvalue weighted by molar-refractivity contribution is 7.16. The lowest BCUT2D eigenvalue weighted by Crippen LogP contribution is -2.21. The molecule has 0 aliphatic carbocycles. The number of hydrogen-bond donors (Lipinski definition) is 1. The molecule has 0 amide bonds. The number of nitrogen functional groups attached to an aromatic ring is 1. The summed E-state index contributed by atoms with van der Waals surface area (Å²) in [4.78, 5) is 21.3. The third-order valence-electron chi connectivity index (χ3n) is 2.71. The first-order valence-corrected chi connectivity index (χ1v) is 6.74. The summed E-state index contributed by atoms with van der Waals surface area (Å²) >= 11 is 7.48. The Morgan fingerprint density at radius 3 is 3.05 bits per heavy atom. The van der Waals surface area contributed by atoms with Gasteiger partial charge in [0.15, 0.2) is 0 Å². The maximum Gasteiger partial charge on any atom is 0.262 e. The lowest BCUT2D eigenvalue weighted by atomic mass is 10.3. The Morgan fingerprint density at radius 1 is 1.37 bits per heavy atom. The fourth-order valence-electron chi connectivity index (χ4n) is 1.78. The largest absolute Gasteiger partial charge is 0.384 e. The summed E-state index contributed by atoms with van der Waals surface area (Å²) in [6, 6.07) is 5.05. The van der Waals surface area contributed by atoms with Crippen molar-refractivity contribution >= 4 is 39.0 Å². The van der Waals surface area contributed by atoms with Gasteiger partial charge in [0.25, 0.3) is 5.56 Å². The van der Waals surface area contributed by atoms with Crippen LogP contribution >= 0.6 is 22.9 Å². The predicted octanol–water partition coefficient (Wildman–Crippen LogP) is 2.14. The van der Waals surface area contributed by atoms with Gasteiger partial charge in [0.2, 0.25) is 0 Å². The van der Waals surface area contributed by atoms with Crippen molar-refractivity contribution in [3.8, 4) is 0 Å². The third-order valence-corrected chi connectivity index (χ3v) is 3.88. The Hall–Kier alpha value is -1.92. The zero-order valence-corrected chi connectivity index (χ0v) is 11.3. The summed E-state index contributed by atoms with van der Waals surface area (Å²) in [6.07, 6.45) is 1.50. The van der Waals surface area contributed by atoms with Gasteiger partial charge in [0, 0.05) is 0 Å². The molecular formula is C12H9ClN4OS. The van der Waals surface area contributed by atoms with Crippen molar-refractivity contribution in [3.63, 3.8) is 0 Å². The van der Waals surface area contributed by atoms with Crippen molar-refractivity contribution in [2.75, 3.05) is 5.73 Å². The van der Waals surface area contributed by atoms with Crippen LogP contribution in [-0.2, 0) is 6.54 Å². The molecule has 3 aromatic heterocycles. The molecule has 96 valence electrons. The summed E-state index contributed by atoms with van der Waals surface area (Å²) in [7, 11) is 0. The third kappa shape index (κ3) is 2.20. The number of hydrogen-bond acceptors (Lipinski definition) is 5. The van der Waals surface area contributed by atoms with Gasteiger partial charge in [-0.1, -0.05) is 11.6 Å². The number of aromatic nitrogens is 3. The van der Waals surface area contributed by atoms with E-state index in [9.17, 15) is 4.79 Å². The van der Waals surface area contributed by atoms with E-state index in [1.54, 1.807) is 18.2 Å². The van der Waals surface area contributed by atoms with Crippen molar-refractivity contribution in [2.45, 2.75) is 6.54 Å². The highest BCUT2D eigenvalue weighted by Gasteiger charge is 2.08. The van der Waals surface area contributed by atoms with Crippen LogP contribution in [0.1, 0.15) is 5.69 Å². The summed E-state index contributed by atoms with van der Waals surface area (Å²) in [5.41, 5.74) is 6.07. The van der Waals surface area contributed by atoms with Crippen LogP contribution in [0.5, 0.6) is 0 Å². The first-order valence-electron chi connectivity index (χ1n) is 5.48. The van der Waals surface area contributed by atoms with Gasteiger partial charge in [0.1, 0.15) is 10.6 Å². The van der Waals surface area contributed by atoms with Gasteiger partial charge in [0.05, 0.1) is 29.0 Å². The quantitative estimate of drug-likeness (QED) is 0.785. The van der Waals surface area contributed by atoms with Gasteiger partial charge < -0.3 is 5.73 Å². The predicted molar refractivity (Wildman–Crippen MR) is 76.6 cm³/mol. The van der Waals surface area contributed by atoms with E-state index >= 15 is 0 Å². The monoisotopic (exact) mass is 292 g/mol. The van der Waals surface area contributed by atoms with Gasteiger partial charge in [-0.05, 0) is 23.6 Å². The molecule has 0 spiro atoms. The van der Waals surface area contributed by atoms with Crippen LogP contribution in [0.3, 0.4) is 0 Å². The molecule has 19 heavy (non-hydrogen) atoms. The van der Waals surface area contributed by atoms with E-state index in [1.165, 1.54) is 22.2 Å². The number of anilines is 1. The minimum atomic E-state index is -0.105. The molecule has 0 aliphatic heterocycles. The molecule has 2 N–H and O–H groups in total.